The van der Waals surface area contributed by atoms with Crippen LogP contribution in [0.4, 0.5) is 10.7 Å². The predicted molar refractivity (Wildman–Crippen MR) is 158 cm³/mol. The number of nitrogens with zero attached hydrogens (tertiary/aromatic N) is 2. The van der Waals surface area contributed by atoms with Crippen LogP contribution in [-0.4, -0.2) is 41.6 Å². The lowest BCUT2D eigenvalue weighted by Crippen LogP contribution is -2.36. The maximum Gasteiger partial charge on any atom is 0.221 e. The molecule has 0 spiro atoms. The van der Waals surface area contributed by atoms with Gasteiger partial charge in [0.25, 0.3) is 0 Å². The van der Waals surface area contributed by atoms with Gasteiger partial charge in [-0.3, -0.25) is 9.10 Å². The van der Waals surface area contributed by atoms with E-state index in [1.165, 1.54) is 52.8 Å². The van der Waals surface area contributed by atoms with E-state index in [4.69, 9.17) is 0 Å². The lowest BCUT2D eigenvalue weighted by molar-refractivity contribution is -0.114. The fraction of sp³-hybridized carbons (Fsp3) is 0.310. The van der Waals surface area contributed by atoms with E-state index in [2.05, 4.69) is 92.7 Å². The molecule has 0 saturated carbocycles. The molecule has 1 aromatic heterocycles. The summed E-state index contributed by atoms with van der Waals surface area (Å²) >= 11 is 3.56. The van der Waals surface area contributed by atoms with Crippen LogP contribution in [0.3, 0.4) is 0 Å². The van der Waals surface area contributed by atoms with Gasteiger partial charge in [0.1, 0.15) is 0 Å². The number of para-hydroxylation sites is 1. The van der Waals surface area contributed by atoms with Crippen molar-refractivity contribution in [2.24, 2.45) is 5.92 Å². The largest absolute Gasteiger partial charge is 0.318 e. The zero-order valence-corrected chi connectivity index (χ0v) is 23.1. The number of allylic oxidation sites excluding steroid dienone is 2. The van der Waals surface area contributed by atoms with Crippen molar-refractivity contribution in [3.05, 3.63) is 84.6 Å². The van der Waals surface area contributed by atoms with Gasteiger partial charge in [0.2, 0.25) is 5.91 Å². The van der Waals surface area contributed by atoms with Crippen LogP contribution >= 0.6 is 33.8 Å². The highest BCUT2D eigenvalue weighted by molar-refractivity contribution is 8.16. The highest BCUT2D eigenvalue weighted by atomic mass is 32.2. The molecule has 1 unspecified atom stereocenters. The van der Waals surface area contributed by atoms with Crippen molar-refractivity contribution in [1.29, 1.82) is 0 Å². The number of anilines is 2. The van der Waals surface area contributed by atoms with Gasteiger partial charge in [-0.25, -0.2) is 0 Å². The van der Waals surface area contributed by atoms with Crippen LogP contribution in [0.2, 0.25) is 0 Å². The van der Waals surface area contributed by atoms with Crippen molar-refractivity contribution < 1.29 is 4.79 Å². The van der Waals surface area contributed by atoms with Gasteiger partial charge in [-0.1, -0.05) is 47.1 Å². The van der Waals surface area contributed by atoms with E-state index < -0.39 is 0 Å². The van der Waals surface area contributed by atoms with Gasteiger partial charge in [0.05, 0.1) is 14.9 Å². The van der Waals surface area contributed by atoms with Gasteiger partial charge in [0.15, 0.2) is 0 Å². The predicted octanol–water partition coefficient (Wildman–Crippen LogP) is 7.35. The van der Waals surface area contributed by atoms with Gasteiger partial charge >= 0.3 is 0 Å². The Morgan fingerprint density at radius 1 is 1.03 bits per heavy atom. The molecule has 188 valence electrons. The molecule has 2 aromatic carbocycles. The lowest BCUT2D eigenvalue weighted by Gasteiger charge is -2.37. The van der Waals surface area contributed by atoms with E-state index in [0.717, 1.165) is 17.3 Å². The molecule has 1 N–H and O–H groups in total. The van der Waals surface area contributed by atoms with E-state index in [0.29, 0.717) is 5.92 Å². The normalized spacial score (nSPS) is 18.6. The molecular weight excluding hydrogens is 503 g/mol. The summed E-state index contributed by atoms with van der Waals surface area (Å²) in [4.78, 5) is 15.2. The molecule has 2 aliphatic rings. The van der Waals surface area contributed by atoms with Crippen LogP contribution in [0.25, 0.3) is 0 Å². The summed E-state index contributed by atoms with van der Waals surface area (Å²) in [7, 11) is -0.0689. The third-order valence-electron chi connectivity index (χ3n) is 6.52. The molecule has 5 rings (SSSR count). The number of thioether (sulfide) groups is 1. The van der Waals surface area contributed by atoms with E-state index in [1.807, 2.05) is 17.8 Å². The highest BCUT2D eigenvalue weighted by Gasteiger charge is 2.30. The fourth-order valence-corrected chi connectivity index (χ4v) is 8.86. The average Bonchev–Trinajstić information content (AvgIpc) is 3.55. The molecule has 7 heteroatoms. The number of likely N-dealkylation sites (tertiary alicyclic amines) is 1. The second-order valence-corrected chi connectivity index (χ2v) is 13.3. The summed E-state index contributed by atoms with van der Waals surface area (Å²) in [5.41, 5.74) is 2.77. The molecule has 4 nitrogen and oxygen atoms in total. The number of carbonyl (C=O) groups excluding carboxylic acids is 1. The first-order chi connectivity index (χ1) is 17.7. The highest BCUT2D eigenvalue weighted by Crippen LogP contribution is 2.45. The maximum absolute atomic E-state index is 11.2. The van der Waals surface area contributed by atoms with Crippen LogP contribution in [0, 0.1) is 5.92 Å². The monoisotopic (exact) mass is 535 g/mol. The van der Waals surface area contributed by atoms with Gasteiger partial charge in [-0.05, 0) is 86.7 Å². The van der Waals surface area contributed by atoms with E-state index in [-0.39, 0.29) is 16.6 Å². The summed E-state index contributed by atoms with van der Waals surface area (Å²) in [6, 6.07) is 25.9. The Morgan fingerprint density at radius 2 is 1.75 bits per heavy atom. The molecule has 1 amide bonds. The van der Waals surface area contributed by atoms with Crippen LogP contribution < -0.4 is 9.62 Å². The number of thiophene rings is 1. The van der Waals surface area contributed by atoms with Crippen LogP contribution in [0.1, 0.15) is 26.2 Å². The maximum atomic E-state index is 11.2. The fourth-order valence-electron chi connectivity index (χ4n) is 4.80. The zero-order valence-electron chi connectivity index (χ0n) is 20.6. The Hall–Kier alpha value is -2.32. The number of benzene rings is 2. The molecule has 3 heterocycles. The Balaban J connectivity index is 1.13. The van der Waals surface area contributed by atoms with Crippen molar-refractivity contribution in [3.63, 3.8) is 0 Å². The first-order valence-corrected chi connectivity index (χ1v) is 15.6. The topological polar surface area (TPSA) is 35.6 Å². The third kappa shape index (κ3) is 6.32. The van der Waals surface area contributed by atoms with E-state index in [1.54, 1.807) is 18.3 Å². The van der Waals surface area contributed by atoms with Crippen molar-refractivity contribution in [2.45, 2.75) is 35.3 Å². The summed E-state index contributed by atoms with van der Waals surface area (Å²) in [5.74, 6) is 1.71. The summed E-state index contributed by atoms with van der Waals surface area (Å²) in [5, 5.41) is 6.21. The minimum atomic E-state index is -0.0689. The molecule has 1 saturated heterocycles. The molecule has 0 bridgehead atoms. The Labute approximate surface area is 225 Å². The molecule has 1 atom stereocenters. The number of hydrogen-bond donors (Lipinski definition) is 1. The Kier molecular flexibility index (Phi) is 8.64. The second-order valence-electron chi connectivity index (χ2n) is 9.10. The molecule has 1 fully saturated rings. The van der Waals surface area contributed by atoms with Gasteiger partial charge in [0, 0.05) is 29.2 Å². The summed E-state index contributed by atoms with van der Waals surface area (Å²) < 4.78 is 3.86. The quantitative estimate of drug-likeness (QED) is 0.177. The number of hydrogen-bond acceptors (Lipinski definition) is 5. The Bertz CT molecular complexity index is 1210. The average molecular weight is 536 g/mol. The van der Waals surface area contributed by atoms with Crippen LogP contribution in [-0.2, 0) is 4.79 Å². The molecule has 0 radical (unpaired) electrons. The van der Waals surface area contributed by atoms with Crippen molar-refractivity contribution in [1.82, 2.24) is 4.90 Å². The van der Waals surface area contributed by atoms with Crippen molar-refractivity contribution >= 4 is 55.7 Å². The third-order valence-corrected chi connectivity index (χ3v) is 10.8. The SMILES string of the molecule is CC(=O)Nc1ccc(SCCCN2CCC(C3=CC=S(c4ccccc4)N3c3ccccc3)CC2)s1. The number of rotatable bonds is 9. The molecule has 2 aliphatic heterocycles. The molecule has 36 heavy (non-hydrogen) atoms. The number of amides is 1. The van der Waals surface area contributed by atoms with Crippen molar-refractivity contribution in [3.8, 4) is 0 Å². The second kappa shape index (κ2) is 12.3. The zero-order chi connectivity index (χ0) is 24.7. The standard InChI is InChI=1S/C29H33N3OS3/c1-23(33)30-28-13-14-29(35-28)34-21-8-18-31-19-15-24(16-20-31)27-17-22-36(26-11-6-3-7-12-26)32(27)25-9-4-2-5-10-25/h2-7,9-14,17,22,24H,8,15-16,18-21H2,1H3,(H,30,33). The summed E-state index contributed by atoms with van der Waals surface area (Å²) in [6.07, 6.45) is 6.02. The molecule has 0 aliphatic carbocycles. The molecule has 3 aromatic rings. The number of carbonyl (C=O) groups is 1. The van der Waals surface area contributed by atoms with Gasteiger partial charge in [-0.15, -0.1) is 23.1 Å². The van der Waals surface area contributed by atoms with E-state index >= 15 is 0 Å². The minimum Gasteiger partial charge on any atom is -0.318 e. The number of piperidine rings is 1. The first kappa shape index (κ1) is 25.3. The minimum absolute atomic E-state index is 0.00833. The van der Waals surface area contributed by atoms with Crippen LogP contribution in [0.15, 0.2) is 93.7 Å². The first-order valence-electron chi connectivity index (χ1n) is 12.6. The Morgan fingerprint density at radius 3 is 2.47 bits per heavy atom. The summed E-state index contributed by atoms with van der Waals surface area (Å²) in [6.45, 7) is 5.05. The van der Waals surface area contributed by atoms with Crippen LogP contribution in [0.5, 0.6) is 0 Å². The van der Waals surface area contributed by atoms with E-state index in [9.17, 15) is 4.79 Å². The van der Waals surface area contributed by atoms with Gasteiger partial charge in [-0.2, -0.15) is 0 Å². The smallest absolute Gasteiger partial charge is 0.221 e. The molecular formula is C29H33N3OS3. The lowest BCUT2D eigenvalue weighted by atomic mass is 9.92. The van der Waals surface area contributed by atoms with Crippen molar-refractivity contribution in [2.75, 3.05) is 35.0 Å². The van der Waals surface area contributed by atoms with Gasteiger partial charge < -0.3 is 10.2 Å². The number of nitrogens with one attached hydrogen (secondary N) is 1.